The molecule has 1 heterocycles. The van der Waals surface area contributed by atoms with E-state index in [0.717, 1.165) is 6.61 Å². The fourth-order valence-corrected chi connectivity index (χ4v) is 6.88. The average molecular weight is 367 g/mol. The Hall–Kier alpha value is 0.177. The van der Waals surface area contributed by atoms with Gasteiger partial charge in [-0.1, -0.05) is 90.4 Å². The molecular formula is C23H46OSi. The molecule has 0 spiro atoms. The summed E-state index contributed by atoms with van der Waals surface area (Å²) in [6, 6.07) is 0. The molecule has 1 unspecified atom stereocenters. The minimum atomic E-state index is 0.324. The highest BCUT2D eigenvalue weighted by Gasteiger charge is 2.48. The highest BCUT2D eigenvalue weighted by atomic mass is 28.1. The van der Waals surface area contributed by atoms with Crippen LogP contribution in [0.15, 0.2) is 0 Å². The number of ether oxygens (including phenoxy) is 1. The Balaban J connectivity index is 1.65. The van der Waals surface area contributed by atoms with Gasteiger partial charge in [-0.15, -0.1) is 0 Å². The molecule has 2 aliphatic rings. The predicted octanol–water partition coefficient (Wildman–Crippen LogP) is 6.51. The van der Waals surface area contributed by atoms with Crippen molar-refractivity contribution in [1.82, 2.24) is 0 Å². The lowest BCUT2D eigenvalue weighted by Crippen LogP contribution is -2.53. The van der Waals surface area contributed by atoms with Gasteiger partial charge in [0.1, 0.15) is 0 Å². The minimum Gasteiger partial charge on any atom is -0.379 e. The molecule has 1 atom stereocenters. The monoisotopic (exact) mass is 366 g/mol. The molecule has 1 aliphatic carbocycles. The quantitative estimate of drug-likeness (QED) is 0.282. The third-order valence-corrected chi connectivity index (χ3v) is 9.26. The Kier molecular flexibility index (Phi) is 10.1. The van der Waals surface area contributed by atoms with Crippen LogP contribution in [-0.4, -0.2) is 22.1 Å². The van der Waals surface area contributed by atoms with Gasteiger partial charge in [-0.3, -0.25) is 0 Å². The van der Waals surface area contributed by atoms with E-state index in [1.165, 1.54) is 132 Å². The molecule has 1 nitrogen and oxygen atoms in total. The molecular weight excluding hydrogens is 320 g/mol. The third-order valence-electron chi connectivity index (χ3n) is 7.41. The van der Waals surface area contributed by atoms with Crippen LogP contribution in [-0.2, 0) is 4.74 Å². The van der Waals surface area contributed by atoms with Crippen molar-refractivity contribution in [2.45, 2.75) is 134 Å². The van der Waals surface area contributed by atoms with E-state index < -0.39 is 0 Å². The first-order chi connectivity index (χ1) is 12.2. The zero-order valence-electron chi connectivity index (χ0n) is 17.6. The van der Waals surface area contributed by atoms with Gasteiger partial charge in [0.2, 0.25) is 0 Å². The van der Waals surface area contributed by atoms with Crippen LogP contribution in [0.5, 0.6) is 0 Å². The number of unbranched alkanes of at least 4 members (excludes halogenated alkanes) is 9. The standard InChI is InChI=1S/C23H46OSi/c1-2-3-4-5-6-7-8-9-10-12-17-22(18-13-11-14-19-22)23(25)20-15-16-21-24-23/h2-21H2,1,25H3. The summed E-state index contributed by atoms with van der Waals surface area (Å²) in [6.07, 6.45) is 27.4. The molecule has 148 valence electrons. The first kappa shape index (κ1) is 21.5. The summed E-state index contributed by atoms with van der Waals surface area (Å²) in [6.45, 7) is 3.35. The summed E-state index contributed by atoms with van der Waals surface area (Å²) in [5.41, 5.74) is 0.568. The lowest BCUT2D eigenvalue weighted by atomic mass is 9.65. The molecule has 2 fully saturated rings. The lowest BCUT2D eigenvalue weighted by molar-refractivity contribution is -0.121. The minimum absolute atomic E-state index is 0.324. The molecule has 1 aliphatic heterocycles. The number of rotatable bonds is 12. The molecule has 0 N–H and O–H groups in total. The fraction of sp³-hybridized carbons (Fsp3) is 1.00. The van der Waals surface area contributed by atoms with Crippen molar-refractivity contribution < 1.29 is 4.74 Å². The summed E-state index contributed by atoms with van der Waals surface area (Å²) in [7, 11) is 1.24. The Morgan fingerprint density at radius 1 is 0.680 bits per heavy atom. The van der Waals surface area contributed by atoms with E-state index in [0.29, 0.717) is 10.6 Å². The van der Waals surface area contributed by atoms with Gasteiger partial charge >= 0.3 is 0 Å². The van der Waals surface area contributed by atoms with Crippen LogP contribution in [0.25, 0.3) is 0 Å². The molecule has 1 saturated carbocycles. The maximum Gasteiger partial charge on any atom is 0.0540 e. The Labute approximate surface area is 161 Å². The maximum atomic E-state index is 6.51. The van der Waals surface area contributed by atoms with Gasteiger partial charge in [0.25, 0.3) is 0 Å². The first-order valence-electron chi connectivity index (χ1n) is 11.9. The van der Waals surface area contributed by atoms with Gasteiger partial charge in [0.05, 0.1) is 5.22 Å². The second kappa shape index (κ2) is 11.8. The van der Waals surface area contributed by atoms with Crippen LogP contribution in [0.2, 0.25) is 0 Å². The predicted molar refractivity (Wildman–Crippen MR) is 114 cm³/mol. The molecule has 0 amide bonds. The molecule has 0 aromatic rings. The van der Waals surface area contributed by atoms with E-state index in [4.69, 9.17) is 4.74 Å². The number of hydrogen-bond acceptors (Lipinski definition) is 1. The molecule has 0 aromatic carbocycles. The Morgan fingerprint density at radius 2 is 1.24 bits per heavy atom. The maximum absolute atomic E-state index is 6.51. The Bertz CT molecular complexity index is 329. The molecule has 0 radical (unpaired) electrons. The zero-order valence-corrected chi connectivity index (χ0v) is 19.6. The van der Waals surface area contributed by atoms with Crippen LogP contribution in [0.3, 0.4) is 0 Å². The van der Waals surface area contributed by atoms with Crippen LogP contribution in [0.4, 0.5) is 0 Å². The van der Waals surface area contributed by atoms with Crippen molar-refractivity contribution >= 4 is 10.2 Å². The fourth-order valence-electron chi connectivity index (χ4n) is 5.57. The van der Waals surface area contributed by atoms with Gasteiger partial charge in [0.15, 0.2) is 0 Å². The zero-order chi connectivity index (χ0) is 17.8. The van der Waals surface area contributed by atoms with E-state index in [9.17, 15) is 0 Å². The van der Waals surface area contributed by atoms with Crippen molar-refractivity contribution in [3.8, 4) is 0 Å². The summed E-state index contributed by atoms with van der Waals surface area (Å²) in [5, 5.41) is 0.324. The van der Waals surface area contributed by atoms with Crippen molar-refractivity contribution in [2.24, 2.45) is 5.41 Å². The van der Waals surface area contributed by atoms with Crippen molar-refractivity contribution in [2.75, 3.05) is 6.61 Å². The van der Waals surface area contributed by atoms with E-state index in [2.05, 4.69) is 6.92 Å². The molecule has 2 rings (SSSR count). The van der Waals surface area contributed by atoms with Crippen LogP contribution in [0.1, 0.15) is 129 Å². The molecule has 0 aromatic heterocycles. The topological polar surface area (TPSA) is 9.23 Å². The molecule has 0 bridgehead atoms. The van der Waals surface area contributed by atoms with Crippen LogP contribution < -0.4 is 0 Å². The van der Waals surface area contributed by atoms with Gasteiger partial charge in [0, 0.05) is 16.8 Å². The second-order valence-electron chi connectivity index (χ2n) is 9.31. The van der Waals surface area contributed by atoms with E-state index >= 15 is 0 Å². The molecule has 2 heteroatoms. The normalized spacial score (nSPS) is 26.8. The smallest absolute Gasteiger partial charge is 0.0540 e. The lowest BCUT2D eigenvalue weighted by Gasteiger charge is -2.53. The molecule has 1 saturated heterocycles. The van der Waals surface area contributed by atoms with E-state index in [-0.39, 0.29) is 0 Å². The summed E-state index contributed by atoms with van der Waals surface area (Å²) < 4.78 is 6.51. The second-order valence-corrected chi connectivity index (χ2v) is 10.9. The van der Waals surface area contributed by atoms with Gasteiger partial charge in [-0.2, -0.15) is 0 Å². The SMILES string of the molecule is CCCCCCCCCCCCC1(C2([SiH3])CCCCO2)CCCCC1. The van der Waals surface area contributed by atoms with E-state index in [1.54, 1.807) is 0 Å². The van der Waals surface area contributed by atoms with Crippen molar-refractivity contribution in [3.63, 3.8) is 0 Å². The highest BCUT2D eigenvalue weighted by Crippen LogP contribution is 2.52. The molecule has 25 heavy (non-hydrogen) atoms. The van der Waals surface area contributed by atoms with Crippen molar-refractivity contribution in [1.29, 1.82) is 0 Å². The van der Waals surface area contributed by atoms with Crippen molar-refractivity contribution in [3.05, 3.63) is 0 Å². The van der Waals surface area contributed by atoms with E-state index in [1.807, 2.05) is 0 Å². The van der Waals surface area contributed by atoms with Gasteiger partial charge in [-0.05, 0) is 43.9 Å². The largest absolute Gasteiger partial charge is 0.379 e. The van der Waals surface area contributed by atoms with Crippen LogP contribution >= 0.6 is 0 Å². The summed E-state index contributed by atoms with van der Waals surface area (Å²) in [4.78, 5) is 0. The van der Waals surface area contributed by atoms with Gasteiger partial charge < -0.3 is 4.74 Å². The Morgan fingerprint density at radius 3 is 1.80 bits per heavy atom. The highest BCUT2D eigenvalue weighted by molar-refractivity contribution is 6.15. The first-order valence-corrected chi connectivity index (χ1v) is 12.9. The average Bonchev–Trinajstić information content (AvgIpc) is 2.64. The summed E-state index contributed by atoms with van der Waals surface area (Å²) in [5.74, 6) is 0. The number of hydrogen-bond donors (Lipinski definition) is 0. The van der Waals surface area contributed by atoms with Crippen LogP contribution in [0, 0.1) is 5.41 Å². The third kappa shape index (κ3) is 6.68. The van der Waals surface area contributed by atoms with Gasteiger partial charge in [-0.25, -0.2) is 0 Å². The summed E-state index contributed by atoms with van der Waals surface area (Å²) >= 11 is 0.